The van der Waals surface area contributed by atoms with Crippen LogP contribution in [0.1, 0.15) is 44.2 Å². The van der Waals surface area contributed by atoms with Crippen LogP contribution in [0.15, 0.2) is 53.7 Å². The number of nitriles is 1. The second kappa shape index (κ2) is 7.86. The molecular weight excluding hydrogens is 432 g/mol. The van der Waals surface area contributed by atoms with Gasteiger partial charge >= 0.3 is 0 Å². The van der Waals surface area contributed by atoms with Gasteiger partial charge in [0.25, 0.3) is 0 Å². The van der Waals surface area contributed by atoms with Gasteiger partial charge in [0.15, 0.2) is 9.84 Å². The van der Waals surface area contributed by atoms with E-state index in [0.717, 1.165) is 60.7 Å². The lowest BCUT2D eigenvalue weighted by Crippen LogP contribution is -2.39. The van der Waals surface area contributed by atoms with E-state index in [0.29, 0.717) is 5.82 Å². The van der Waals surface area contributed by atoms with Gasteiger partial charge in [-0.1, -0.05) is 5.92 Å². The summed E-state index contributed by atoms with van der Waals surface area (Å²) in [5.41, 5.74) is 1.35. The van der Waals surface area contributed by atoms with Gasteiger partial charge in [-0.05, 0) is 80.8 Å². The molecule has 2 heterocycles. The Labute approximate surface area is 194 Å². The molecule has 0 aliphatic heterocycles. The van der Waals surface area contributed by atoms with Crippen molar-refractivity contribution < 1.29 is 8.42 Å². The normalized spacial score (nSPS) is 24.0. The summed E-state index contributed by atoms with van der Waals surface area (Å²) in [7, 11) is -3.23. The van der Waals surface area contributed by atoms with Gasteiger partial charge in [-0.2, -0.15) is 5.26 Å². The van der Waals surface area contributed by atoms with Gasteiger partial charge < -0.3 is 5.32 Å². The highest BCUT2D eigenvalue weighted by molar-refractivity contribution is 7.90. The molecule has 3 aliphatic carbocycles. The molecule has 3 aromatic rings. The Balaban J connectivity index is 1.42. The highest BCUT2D eigenvalue weighted by Gasteiger charge is 2.48. The first kappa shape index (κ1) is 21.4. The number of aromatic nitrogens is 2. The van der Waals surface area contributed by atoms with Crippen molar-refractivity contribution in [2.24, 2.45) is 10.8 Å². The van der Waals surface area contributed by atoms with Crippen LogP contribution in [-0.2, 0) is 9.84 Å². The molecule has 1 aromatic carbocycles. The van der Waals surface area contributed by atoms with Gasteiger partial charge in [-0.3, -0.25) is 0 Å². The Hall–Kier alpha value is -3.42. The summed E-state index contributed by atoms with van der Waals surface area (Å²) >= 11 is 0. The quantitative estimate of drug-likeness (QED) is 0.558. The van der Waals surface area contributed by atoms with E-state index in [9.17, 15) is 13.7 Å². The molecule has 0 radical (unpaired) electrons. The van der Waals surface area contributed by atoms with Gasteiger partial charge in [0.2, 0.25) is 0 Å². The predicted molar refractivity (Wildman–Crippen MR) is 127 cm³/mol. The minimum absolute atomic E-state index is 0.00207. The number of hydrogen-bond acceptors (Lipinski definition) is 6. The summed E-state index contributed by atoms with van der Waals surface area (Å²) in [6.07, 6.45) is 10.5. The number of pyridine rings is 2. The molecule has 0 saturated heterocycles. The van der Waals surface area contributed by atoms with E-state index in [4.69, 9.17) is 0 Å². The first-order valence-corrected chi connectivity index (χ1v) is 13.0. The fraction of sp³-hybridized carbons (Fsp3) is 0.346. The van der Waals surface area contributed by atoms with Crippen molar-refractivity contribution in [1.29, 1.82) is 5.26 Å². The lowest BCUT2D eigenvalue weighted by atomic mass is 9.54. The third-order valence-corrected chi connectivity index (χ3v) is 8.26. The SMILES string of the molecule is CS(=O)(=O)c1ccc(Nc2cc3c(C#CC45CCC(C#N)(CC4)CC5)nccc3cn2)cc1. The van der Waals surface area contributed by atoms with Crippen LogP contribution in [-0.4, -0.2) is 24.6 Å². The minimum Gasteiger partial charge on any atom is -0.340 e. The van der Waals surface area contributed by atoms with Gasteiger partial charge in [-0.15, -0.1) is 0 Å². The van der Waals surface area contributed by atoms with E-state index in [1.165, 1.54) is 6.26 Å². The number of sulfone groups is 1. The first-order valence-electron chi connectivity index (χ1n) is 11.1. The van der Waals surface area contributed by atoms with Crippen molar-refractivity contribution in [3.8, 4) is 17.9 Å². The summed E-state index contributed by atoms with van der Waals surface area (Å²) in [4.78, 5) is 9.30. The predicted octanol–water partition coefficient (Wildman–Crippen LogP) is 4.99. The molecule has 0 amide bonds. The third-order valence-electron chi connectivity index (χ3n) is 7.13. The number of nitrogens with one attached hydrogen (secondary N) is 1. The smallest absolute Gasteiger partial charge is 0.175 e. The second-order valence-electron chi connectivity index (χ2n) is 9.29. The van der Waals surface area contributed by atoms with Crippen molar-refractivity contribution in [2.45, 2.75) is 43.4 Å². The summed E-state index contributed by atoms with van der Waals surface area (Å²) in [6, 6.07) is 13.0. The molecule has 6 rings (SSSR count). The maximum absolute atomic E-state index is 11.7. The molecule has 0 atom stereocenters. The lowest BCUT2D eigenvalue weighted by molar-refractivity contribution is 0.0702. The van der Waals surface area contributed by atoms with Crippen LogP contribution in [0.3, 0.4) is 0 Å². The van der Waals surface area contributed by atoms with Crippen LogP contribution >= 0.6 is 0 Å². The zero-order chi connectivity index (χ0) is 23.1. The highest BCUT2D eigenvalue weighted by Crippen LogP contribution is 2.56. The van der Waals surface area contributed by atoms with Crippen molar-refractivity contribution in [3.05, 3.63) is 54.5 Å². The van der Waals surface area contributed by atoms with E-state index in [-0.39, 0.29) is 15.7 Å². The Kier molecular flexibility index (Phi) is 5.11. The molecule has 2 bridgehead atoms. The summed E-state index contributed by atoms with van der Waals surface area (Å²) < 4.78 is 23.3. The second-order valence-corrected chi connectivity index (χ2v) is 11.3. The van der Waals surface area contributed by atoms with Crippen molar-refractivity contribution in [2.75, 3.05) is 11.6 Å². The van der Waals surface area contributed by atoms with Crippen LogP contribution in [0.5, 0.6) is 0 Å². The molecule has 7 heteroatoms. The summed E-state index contributed by atoms with van der Waals surface area (Å²) in [5, 5.41) is 14.6. The zero-order valence-electron chi connectivity index (χ0n) is 18.4. The summed E-state index contributed by atoms with van der Waals surface area (Å²) in [5.74, 6) is 7.53. The van der Waals surface area contributed by atoms with Crippen LogP contribution in [0.25, 0.3) is 10.8 Å². The van der Waals surface area contributed by atoms with Crippen LogP contribution < -0.4 is 5.32 Å². The fourth-order valence-corrected chi connectivity index (χ4v) is 5.53. The summed E-state index contributed by atoms with van der Waals surface area (Å²) in [6.45, 7) is 0. The largest absolute Gasteiger partial charge is 0.340 e. The fourth-order valence-electron chi connectivity index (χ4n) is 4.90. The van der Waals surface area contributed by atoms with Crippen LogP contribution in [0.4, 0.5) is 11.5 Å². The van der Waals surface area contributed by atoms with Gasteiger partial charge in [0, 0.05) is 40.5 Å². The number of benzene rings is 1. The molecule has 1 N–H and O–H groups in total. The van der Waals surface area contributed by atoms with E-state index >= 15 is 0 Å². The Bertz CT molecular complexity index is 1420. The molecule has 3 saturated carbocycles. The maximum atomic E-state index is 11.7. The average Bonchev–Trinajstić information content (AvgIpc) is 2.84. The molecule has 166 valence electrons. The molecule has 6 nitrogen and oxygen atoms in total. The van der Waals surface area contributed by atoms with Gasteiger partial charge in [0.1, 0.15) is 11.5 Å². The van der Waals surface area contributed by atoms with Crippen molar-refractivity contribution in [3.63, 3.8) is 0 Å². The molecule has 2 aromatic heterocycles. The Morgan fingerprint density at radius 1 is 0.970 bits per heavy atom. The zero-order valence-corrected chi connectivity index (χ0v) is 19.2. The van der Waals surface area contributed by atoms with Crippen LogP contribution in [0.2, 0.25) is 0 Å². The monoisotopic (exact) mass is 456 g/mol. The molecule has 3 aliphatic rings. The molecule has 3 fully saturated rings. The van der Waals surface area contributed by atoms with Crippen LogP contribution in [0, 0.1) is 34.0 Å². The van der Waals surface area contributed by atoms with E-state index < -0.39 is 9.84 Å². The standard InChI is InChI=1S/C26H24N4O2S/c1-33(31,32)21-4-2-20(3-5-21)30-24-16-22-19(17-29-24)7-15-28-23(22)6-8-25-9-12-26(18-27,13-10-25)14-11-25/h2-5,7,15-17H,9-14H2,1H3,(H,29,30). The molecule has 33 heavy (non-hydrogen) atoms. The topological polar surface area (TPSA) is 95.7 Å². The number of nitrogens with zero attached hydrogens (tertiary/aromatic N) is 3. The first-order chi connectivity index (χ1) is 15.8. The number of rotatable bonds is 3. The van der Waals surface area contributed by atoms with E-state index in [1.807, 2.05) is 12.1 Å². The van der Waals surface area contributed by atoms with Gasteiger partial charge in [0.05, 0.1) is 16.4 Å². The number of fused-ring (bicyclic) bond motifs is 4. The molecule has 0 spiro atoms. The number of anilines is 2. The maximum Gasteiger partial charge on any atom is 0.175 e. The van der Waals surface area contributed by atoms with Crippen molar-refractivity contribution >= 4 is 32.1 Å². The van der Waals surface area contributed by atoms with Crippen molar-refractivity contribution in [1.82, 2.24) is 9.97 Å². The third kappa shape index (κ3) is 4.17. The van der Waals surface area contributed by atoms with E-state index in [2.05, 4.69) is 33.2 Å². The Morgan fingerprint density at radius 2 is 1.64 bits per heavy atom. The number of hydrogen-bond donors (Lipinski definition) is 1. The highest BCUT2D eigenvalue weighted by atomic mass is 32.2. The lowest BCUT2D eigenvalue weighted by Gasteiger charge is -2.47. The molecule has 0 unspecified atom stereocenters. The molecular formula is C26H24N4O2S. The Morgan fingerprint density at radius 3 is 2.27 bits per heavy atom. The van der Waals surface area contributed by atoms with Gasteiger partial charge in [-0.25, -0.2) is 18.4 Å². The average molecular weight is 457 g/mol. The van der Waals surface area contributed by atoms with E-state index in [1.54, 1.807) is 36.7 Å². The minimum atomic E-state index is -3.23.